The average Bonchev–Trinajstić information content (AvgIpc) is 2.42. The first-order chi connectivity index (χ1) is 9.88. The number of hydrogen-bond acceptors (Lipinski definition) is 4. The standard InChI is InChI=1S/C16H18N2O3/c1-10-8-11(2)16(9-15(10)18(19)20)21-14-6-4-13(5-7-14)12(3)17/h4-9,12H,17H2,1-3H3. The average molecular weight is 286 g/mol. The van der Waals surface area contributed by atoms with Crippen molar-refractivity contribution in [2.45, 2.75) is 26.8 Å². The summed E-state index contributed by atoms with van der Waals surface area (Å²) in [4.78, 5) is 10.6. The fourth-order valence-corrected chi connectivity index (χ4v) is 2.09. The molecule has 2 aromatic carbocycles. The van der Waals surface area contributed by atoms with Crippen molar-refractivity contribution in [3.05, 3.63) is 63.2 Å². The zero-order valence-corrected chi connectivity index (χ0v) is 12.3. The summed E-state index contributed by atoms with van der Waals surface area (Å²) in [6, 6.07) is 10.6. The molecule has 2 rings (SSSR count). The lowest BCUT2D eigenvalue weighted by Crippen LogP contribution is -2.04. The zero-order valence-electron chi connectivity index (χ0n) is 12.3. The van der Waals surface area contributed by atoms with Crippen LogP contribution in [0.3, 0.4) is 0 Å². The van der Waals surface area contributed by atoms with E-state index in [2.05, 4.69) is 0 Å². The van der Waals surface area contributed by atoms with Gasteiger partial charge in [0, 0.05) is 11.6 Å². The molecule has 2 aromatic rings. The van der Waals surface area contributed by atoms with Gasteiger partial charge in [-0.05, 0) is 50.1 Å². The van der Waals surface area contributed by atoms with Gasteiger partial charge in [0.05, 0.1) is 11.0 Å². The van der Waals surface area contributed by atoms with Gasteiger partial charge in [-0.1, -0.05) is 12.1 Å². The predicted octanol–water partition coefficient (Wildman–Crippen LogP) is 4.02. The molecule has 5 heteroatoms. The van der Waals surface area contributed by atoms with Crippen LogP contribution in [0.2, 0.25) is 0 Å². The molecule has 0 radical (unpaired) electrons. The number of ether oxygens (including phenoxy) is 1. The van der Waals surface area contributed by atoms with Crippen LogP contribution in [0.5, 0.6) is 11.5 Å². The van der Waals surface area contributed by atoms with Crippen LogP contribution in [-0.4, -0.2) is 4.92 Å². The second-order valence-electron chi connectivity index (χ2n) is 5.12. The van der Waals surface area contributed by atoms with Gasteiger partial charge in [0.25, 0.3) is 5.69 Å². The number of nitrogens with two attached hydrogens (primary N) is 1. The fraction of sp³-hybridized carbons (Fsp3) is 0.250. The van der Waals surface area contributed by atoms with Crippen LogP contribution in [0.1, 0.15) is 29.7 Å². The number of rotatable bonds is 4. The molecule has 0 saturated carbocycles. The normalized spacial score (nSPS) is 12.0. The van der Waals surface area contributed by atoms with Crippen molar-refractivity contribution < 1.29 is 9.66 Å². The molecule has 1 unspecified atom stereocenters. The minimum atomic E-state index is -0.402. The summed E-state index contributed by atoms with van der Waals surface area (Å²) in [5.41, 5.74) is 8.34. The third-order valence-corrected chi connectivity index (χ3v) is 3.32. The number of hydrogen-bond donors (Lipinski definition) is 1. The van der Waals surface area contributed by atoms with E-state index in [1.54, 1.807) is 13.0 Å². The van der Waals surface area contributed by atoms with Crippen LogP contribution in [0, 0.1) is 24.0 Å². The molecule has 110 valence electrons. The van der Waals surface area contributed by atoms with Gasteiger partial charge in [-0.2, -0.15) is 0 Å². The maximum Gasteiger partial charge on any atom is 0.276 e. The number of benzene rings is 2. The largest absolute Gasteiger partial charge is 0.457 e. The van der Waals surface area contributed by atoms with Gasteiger partial charge in [0.2, 0.25) is 0 Å². The molecule has 5 nitrogen and oxygen atoms in total. The number of nitro benzene ring substituents is 1. The molecule has 0 aliphatic carbocycles. The lowest BCUT2D eigenvalue weighted by molar-refractivity contribution is -0.385. The maximum atomic E-state index is 11.0. The molecule has 0 spiro atoms. The van der Waals surface area contributed by atoms with Crippen molar-refractivity contribution >= 4 is 5.69 Å². The summed E-state index contributed by atoms with van der Waals surface area (Å²) in [7, 11) is 0. The van der Waals surface area contributed by atoms with E-state index in [0.717, 1.165) is 11.1 Å². The Morgan fingerprint density at radius 1 is 1.14 bits per heavy atom. The summed E-state index contributed by atoms with van der Waals surface area (Å²) in [5, 5.41) is 11.0. The summed E-state index contributed by atoms with van der Waals surface area (Å²) < 4.78 is 5.74. The van der Waals surface area contributed by atoms with E-state index in [1.165, 1.54) is 6.07 Å². The zero-order chi connectivity index (χ0) is 15.6. The van der Waals surface area contributed by atoms with Crippen LogP contribution < -0.4 is 10.5 Å². The van der Waals surface area contributed by atoms with E-state index in [-0.39, 0.29) is 11.7 Å². The Bertz CT molecular complexity index is 664. The van der Waals surface area contributed by atoms with Crippen molar-refractivity contribution in [3.8, 4) is 11.5 Å². The highest BCUT2D eigenvalue weighted by molar-refractivity contribution is 5.51. The molecule has 2 N–H and O–H groups in total. The quantitative estimate of drug-likeness (QED) is 0.680. The van der Waals surface area contributed by atoms with Crippen molar-refractivity contribution in [1.82, 2.24) is 0 Å². The summed E-state index contributed by atoms with van der Waals surface area (Å²) in [6.07, 6.45) is 0. The van der Waals surface area contributed by atoms with Gasteiger partial charge >= 0.3 is 0 Å². The molecular weight excluding hydrogens is 268 g/mol. The summed E-state index contributed by atoms with van der Waals surface area (Å²) >= 11 is 0. The maximum absolute atomic E-state index is 11.0. The topological polar surface area (TPSA) is 78.4 Å². The van der Waals surface area contributed by atoms with E-state index in [1.807, 2.05) is 38.1 Å². The molecule has 0 aliphatic rings. The van der Waals surface area contributed by atoms with Crippen molar-refractivity contribution in [2.75, 3.05) is 0 Å². The Balaban J connectivity index is 2.30. The van der Waals surface area contributed by atoms with Crippen molar-refractivity contribution in [2.24, 2.45) is 5.73 Å². The van der Waals surface area contributed by atoms with Gasteiger partial charge in [-0.15, -0.1) is 0 Å². The molecule has 0 aromatic heterocycles. The van der Waals surface area contributed by atoms with E-state index in [4.69, 9.17) is 10.5 Å². The van der Waals surface area contributed by atoms with E-state index < -0.39 is 4.92 Å². The molecular formula is C16H18N2O3. The molecule has 0 saturated heterocycles. The molecule has 21 heavy (non-hydrogen) atoms. The highest BCUT2D eigenvalue weighted by Crippen LogP contribution is 2.31. The lowest BCUT2D eigenvalue weighted by Gasteiger charge is -2.11. The van der Waals surface area contributed by atoms with E-state index in [9.17, 15) is 10.1 Å². The van der Waals surface area contributed by atoms with Crippen LogP contribution in [0.4, 0.5) is 5.69 Å². The Morgan fingerprint density at radius 2 is 1.76 bits per heavy atom. The van der Waals surface area contributed by atoms with E-state index in [0.29, 0.717) is 17.1 Å². The third kappa shape index (κ3) is 3.38. The first kappa shape index (κ1) is 15.0. The smallest absolute Gasteiger partial charge is 0.276 e. The molecule has 1 atom stereocenters. The number of aryl methyl sites for hydroxylation is 2. The Kier molecular flexibility index (Phi) is 4.23. The van der Waals surface area contributed by atoms with Gasteiger partial charge < -0.3 is 10.5 Å². The fourth-order valence-electron chi connectivity index (χ4n) is 2.09. The predicted molar refractivity (Wildman–Crippen MR) is 81.7 cm³/mol. The van der Waals surface area contributed by atoms with E-state index >= 15 is 0 Å². The Hall–Kier alpha value is -2.40. The van der Waals surface area contributed by atoms with Crippen LogP contribution >= 0.6 is 0 Å². The first-order valence-corrected chi connectivity index (χ1v) is 6.67. The van der Waals surface area contributed by atoms with Gasteiger partial charge in [0.15, 0.2) is 0 Å². The second kappa shape index (κ2) is 5.93. The molecule has 0 amide bonds. The summed E-state index contributed by atoms with van der Waals surface area (Å²) in [5.74, 6) is 1.11. The SMILES string of the molecule is Cc1cc(C)c([N+](=O)[O-])cc1Oc1ccc(C(C)N)cc1. The summed E-state index contributed by atoms with van der Waals surface area (Å²) in [6.45, 7) is 5.48. The molecule has 0 fully saturated rings. The van der Waals surface area contributed by atoms with Gasteiger partial charge in [-0.3, -0.25) is 10.1 Å². The first-order valence-electron chi connectivity index (χ1n) is 6.67. The van der Waals surface area contributed by atoms with Crippen molar-refractivity contribution in [1.29, 1.82) is 0 Å². The Labute approximate surface area is 123 Å². The third-order valence-electron chi connectivity index (χ3n) is 3.32. The molecule has 0 bridgehead atoms. The van der Waals surface area contributed by atoms with Crippen molar-refractivity contribution in [3.63, 3.8) is 0 Å². The monoisotopic (exact) mass is 286 g/mol. The number of nitro groups is 1. The molecule has 0 heterocycles. The second-order valence-corrected chi connectivity index (χ2v) is 5.12. The van der Waals surface area contributed by atoms with Crippen LogP contribution in [0.15, 0.2) is 36.4 Å². The Morgan fingerprint density at radius 3 is 2.29 bits per heavy atom. The molecule has 0 aliphatic heterocycles. The number of nitrogens with zero attached hydrogens (tertiary/aromatic N) is 1. The lowest BCUT2D eigenvalue weighted by atomic mass is 10.1. The van der Waals surface area contributed by atoms with Gasteiger partial charge in [-0.25, -0.2) is 0 Å². The minimum absolute atomic E-state index is 0.0405. The van der Waals surface area contributed by atoms with Crippen LogP contribution in [-0.2, 0) is 0 Å². The minimum Gasteiger partial charge on any atom is -0.457 e. The van der Waals surface area contributed by atoms with Gasteiger partial charge in [0.1, 0.15) is 11.5 Å². The highest BCUT2D eigenvalue weighted by Gasteiger charge is 2.15. The van der Waals surface area contributed by atoms with Crippen LogP contribution in [0.25, 0.3) is 0 Å². The highest BCUT2D eigenvalue weighted by atomic mass is 16.6.